The summed E-state index contributed by atoms with van der Waals surface area (Å²) in [5.41, 5.74) is 0. The highest BCUT2D eigenvalue weighted by molar-refractivity contribution is 5.87. The highest BCUT2D eigenvalue weighted by Gasteiger charge is 2.22. The summed E-state index contributed by atoms with van der Waals surface area (Å²) in [5, 5.41) is 8.31. The highest BCUT2D eigenvalue weighted by Crippen LogP contribution is 2.06. The van der Waals surface area contributed by atoms with E-state index in [0.717, 1.165) is 25.2 Å². The van der Waals surface area contributed by atoms with Gasteiger partial charge in [-0.15, -0.1) is 0 Å². The van der Waals surface area contributed by atoms with Crippen LogP contribution < -0.4 is 16.0 Å². The van der Waals surface area contributed by atoms with Crippen LogP contribution in [0.25, 0.3) is 0 Å². The number of imidazole rings is 1. The molecule has 0 spiro atoms. The lowest BCUT2D eigenvalue weighted by Gasteiger charge is -2.16. The largest absolute Gasteiger partial charge is 0.354 e. The first-order valence-corrected chi connectivity index (χ1v) is 7.88. The van der Waals surface area contributed by atoms with Crippen molar-refractivity contribution < 1.29 is 9.59 Å². The lowest BCUT2D eigenvalue weighted by atomic mass is 10.1. The predicted molar refractivity (Wildman–Crippen MR) is 83.1 cm³/mol. The fourth-order valence-corrected chi connectivity index (χ4v) is 2.51. The molecule has 3 N–H and O–H groups in total. The van der Waals surface area contributed by atoms with Crippen LogP contribution in [-0.4, -0.2) is 34.1 Å². The van der Waals surface area contributed by atoms with Gasteiger partial charge in [-0.2, -0.15) is 0 Å². The van der Waals surface area contributed by atoms with Crippen molar-refractivity contribution in [3.8, 4) is 0 Å². The van der Waals surface area contributed by atoms with Gasteiger partial charge in [-0.3, -0.25) is 4.79 Å². The fourth-order valence-electron chi connectivity index (χ4n) is 2.51. The number of nitrogens with zero attached hydrogens (tertiary/aromatic N) is 2. The Morgan fingerprint density at radius 2 is 2.32 bits per heavy atom. The Morgan fingerprint density at radius 3 is 3.09 bits per heavy atom. The summed E-state index contributed by atoms with van der Waals surface area (Å²) in [6, 6.07) is -0.779. The van der Waals surface area contributed by atoms with Crippen molar-refractivity contribution in [3.63, 3.8) is 0 Å². The summed E-state index contributed by atoms with van der Waals surface area (Å²) in [4.78, 5) is 28.0. The van der Waals surface area contributed by atoms with Crippen LogP contribution in [0.15, 0.2) is 12.4 Å². The molecule has 1 aliphatic rings. The molecule has 1 aromatic heterocycles. The molecule has 0 aliphatic carbocycles. The summed E-state index contributed by atoms with van der Waals surface area (Å²) in [6.45, 7) is 6.16. The molecule has 0 radical (unpaired) electrons. The minimum atomic E-state index is -0.446. The topological polar surface area (TPSA) is 88.1 Å². The lowest BCUT2D eigenvalue weighted by molar-refractivity contribution is -0.122. The van der Waals surface area contributed by atoms with Crippen LogP contribution in [-0.2, 0) is 17.9 Å². The Balaban J connectivity index is 1.82. The van der Waals surface area contributed by atoms with Crippen LogP contribution in [0.5, 0.6) is 0 Å². The number of urea groups is 1. The third-order valence-corrected chi connectivity index (χ3v) is 3.61. The zero-order valence-electron chi connectivity index (χ0n) is 13.3. The van der Waals surface area contributed by atoms with E-state index in [1.807, 2.05) is 10.8 Å². The van der Waals surface area contributed by atoms with Gasteiger partial charge in [0.25, 0.3) is 0 Å². The molecule has 1 atom stereocenters. The summed E-state index contributed by atoms with van der Waals surface area (Å²) >= 11 is 0. The Labute approximate surface area is 130 Å². The van der Waals surface area contributed by atoms with Crippen LogP contribution in [0, 0.1) is 5.92 Å². The van der Waals surface area contributed by atoms with Crippen molar-refractivity contribution in [3.05, 3.63) is 18.2 Å². The average molecular weight is 307 g/mol. The number of hydrogen-bond acceptors (Lipinski definition) is 3. The Kier molecular flexibility index (Phi) is 5.80. The quantitative estimate of drug-likeness (QED) is 0.758. The molecule has 0 saturated carbocycles. The van der Waals surface area contributed by atoms with E-state index in [0.29, 0.717) is 25.4 Å². The Morgan fingerprint density at radius 1 is 1.50 bits per heavy atom. The van der Waals surface area contributed by atoms with Gasteiger partial charge in [0.2, 0.25) is 5.91 Å². The molecule has 1 aliphatic heterocycles. The van der Waals surface area contributed by atoms with E-state index in [1.165, 1.54) is 0 Å². The SMILES string of the molecule is CC(C)Cn1ccnc1CNC(=O)NC1CCCCNC1=O. The maximum absolute atomic E-state index is 12.0. The molecule has 1 fully saturated rings. The smallest absolute Gasteiger partial charge is 0.315 e. The predicted octanol–water partition coefficient (Wildman–Crippen LogP) is 1.01. The van der Waals surface area contributed by atoms with Crippen molar-refractivity contribution >= 4 is 11.9 Å². The minimum absolute atomic E-state index is 0.103. The molecule has 0 bridgehead atoms. The number of nitrogens with one attached hydrogen (secondary N) is 3. The normalized spacial score (nSPS) is 18.7. The second-order valence-corrected chi connectivity index (χ2v) is 6.06. The Hall–Kier alpha value is -2.05. The van der Waals surface area contributed by atoms with Crippen molar-refractivity contribution in [1.29, 1.82) is 0 Å². The maximum Gasteiger partial charge on any atom is 0.315 e. The van der Waals surface area contributed by atoms with Crippen molar-refractivity contribution in [2.75, 3.05) is 6.54 Å². The standard InChI is InChI=1S/C15H25N5O2/c1-11(2)10-20-8-7-16-13(20)9-18-15(22)19-12-5-3-4-6-17-14(12)21/h7-8,11-12H,3-6,9-10H2,1-2H3,(H,17,21)(H2,18,19,22). The van der Waals surface area contributed by atoms with Crippen LogP contribution in [0.2, 0.25) is 0 Å². The van der Waals surface area contributed by atoms with Gasteiger partial charge in [-0.1, -0.05) is 13.8 Å². The summed E-state index contributed by atoms with van der Waals surface area (Å²) in [6.07, 6.45) is 6.21. The molecule has 1 saturated heterocycles. The molecule has 7 nitrogen and oxygen atoms in total. The van der Waals surface area contributed by atoms with Crippen LogP contribution >= 0.6 is 0 Å². The molecule has 22 heavy (non-hydrogen) atoms. The van der Waals surface area contributed by atoms with E-state index in [1.54, 1.807) is 6.20 Å². The van der Waals surface area contributed by atoms with Gasteiger partial charge >= 0.3 is 6.03 Å². The molecule has 2 rings (SSSR count). The van der Waals surface area contributed by atoms with Crippen LogP contribution in [0.4, 0.5) is 4.79 Å². The number of rotatable bonds is 5. The monoisotopic (exact) mass is 307 g/mol. The van der Waals surface area contributed by atoms with Crippen LogP contribution in [0.3, 0.4) is 0 Å². The number of amides is 3. The number of hydrogen-bond donors (Lipinski definition) is 3. The number of carbonyl (C=O) groups excluding carboxylic acids is 2. The van der Waals surface area contributed by atoms with Gasteiger partial charge < -0.3 is 20.5 Å². The van der Waals surface area contributed by atoms with E-state index in [4.69, 9.17) is 0 Å². The third-order valence-electron chi connectivity index (χ3n) is 3.61. The van der Waals surface area contributed by atoms with Gasteiger partial charge in [-0.25, -0.2) is 9.78 Å². The molecule has 7 heteroatoms. The zero-order chi connectivity index (χ0) is 15.9. The third kappa shape index (κ3) is 4.75. The van der Waals surface area contributed by atoms with Crippen LogP contribution in [0.1, 0.15) is 38.9 Å². The van der Waals surface area contributed by atoms with E-state index >= 15 is 0 Å². The lowest BCUT2D eigenvalue weighted by Crippen LogP contribution is -2.49. The highest BCUT2D eigenvalue weighted by atomic mass is 16.2. The van der Waals surface area contributed by atoms with Crippen molar-refractivity contribution in [2.24, 2.45) is 5.92 Å². The van der Waals surface area contributed by atoms with Gasteiger partial charge in [0.05, 0.1) is 6.54 Å². The van der Waals surface area contributed by atoms with E-state index < -0.39 is 6.04 Å². The molecule has 0 aromatic carbocycles. The first-order valence-electron chi connectivity index (χ1n) is 7.88. The van der Waals surface area contributed by atoms with Crippen molar-refractivity contribution in [2.45, 2.75) is 52.2 Å². The first-order chi connectivity index (χ1) is 10.6. The molecule has 1 unspecified atom stereocenters. The molecule has 1 aromatic rings. The Bertz CT molecular complexity index is 512. The van der Waals surface area contributed by atoms with E-state index in [-0.39, 0.29) is 11.9 Å². The molecule has 122 valence electrons. The number of carbonyl (C=O) groups is 2. The minimum Gasteiger partial charge on any atom is -0.354 e. The number of aromatic nitrogens is 2. The first kappa shape index (κ1) is 16.3. The van der Waals surface area contributed by atoms with Crippen molar-refractivity contribution in [1.82, 2.24) is 25.5 Å². The average Bonchev–Trinajstić information content (AvgIpc) is 2.79. The van der Waals surface area contributed by atoms with E-state index in [9.17, 15) is 9.59 Å². The van der Waals surface area contributed by atoms with E-state index in [2.05, 4.69) is 34.8 Å². The fraction of sp³-hybridized carbons (Fsp3) is 0.667. The molecule has 2 heterocycles. The summed E-state index contributed by atoms with van der Waals surface area (Å²) in [7, 11) is 0. The van der Waals surface area contributed by atoms with Gasteiger partial charge in [0, 0.05) is 25.5 Å². The molecule has 3 amide bonds. The maximum atomic E-state index is 12.0. The van der Waals surface area contributed by atoms with Gasteiger partial charge in [-0.05, 0) is 25.2 Å². The van der Waals surface area contributed by atoms with Gasteiger partial charge in [0.1, 0.15) is 11.9 Å². The molecular formula is C15H25N5O2. The summed E-state index contributed by atoms with van der Waals surface area (Å²) in [5.74, 6) is 1.22. The summed E-state index contributed by atoms with van der Waals surface area (Å²) < 4.78 is 2.03. The van der Waals surface area contributed by atoms with Gasteiger partial charge in [0.15, 0.2) is 0 Å². The second-order valence-electron chi connectivity index (χ2n) is 6.06. The zero-order valence-corrected chi connectivity index (χ0v) is 13.3. The molecular weight excluding hydrogens is 282 g/mol. The second kappa shape index (κ2) is 7.82.